The summed E-state index contributed by atoms with van der Waals surface area (Å²) in [5, 5.41) is 1.05. The van der Waals surface area contributed by atoms with Crippen molar-refractivity contribution in [2.75, 3.05) is 0 Å². The first kappa shape index (κ1) is 12.5. The SMILES string of the molecule is Cc1ccc(CC(=O)c2ccc3ccccc3n2)cc1. The Morgan fingerprint density at radius 3 is 2.50 bits per heavy atom. The van der Waals surface area contributed by atoms with E-state index in [1.165, 1.54) is 5.56 Å². The van der Waals surface area contributed by atoms with Crippen LogP contribution in [0.4, 0.5) is 0 Å². The summed E-state index contributed by atoms with van der Waals surface area (Å²) < 4.78 is 0. The Hall–Kier alpha value is -2.48. The second kappa shape index (κ2) is 5.25. The van der Waals surface area contributed by atoms with Gasteiger partial charge in [0.1, 0.15) is 5.69 Å². The number of aryl methyl sites for hydroxylation is 1. The third kappa shape index (κ3) is 2.59. The number of carbonyl (C=O) groups is 1. The Balaban J connectivity index is 1.86. The van der Waals surface area contributed by atoms with Gasteiger partial charge in [-0.25, -0.2) is 4.98 Å². The molecule has 3 rings (SSSR count). The van der Waals surface area contributed by atoms with Crippen LogP contribution in [0.25, 0.3) is 10.9 Å². The number of Topliss-reactive ketones (excluding diaryl/α,β-unsaturated/α-hetero) is 1. The maximum atomic E-state index is 12.3. The monoisotopic (exact) mass is 261 g/mol. The molecule has 2 aromatic carbocycles. The van der Waals surface area contributed by atoms with Crippen LogP contribution in [0, 0.1) is 6.92 Å². The van der Waals surface area contributed by atoms with E-state index in [2.05, 4.69) is 4.98 Å². The van der Waals surface area contributed by atoms with Gasteiger partial charge in [0, 0.05) is 11.8 Å². The minimum Gasteiger partial charge on any atom is -0.292 e. The van der Waals surface area contributed by atoms with Gasteiger partial charge in [-0.2, -0.15) is 0 Å². The van der Waals surface area contributed by atoms with Crippen LogP contribution in [0.1, 0.15) is 21.6 Å². The molecule has 0 spiro atoms. The van der Waals surface area contributed by atoms with Crippen molar-refractivity contribution in [3.8, 4) is 0 Å². The second-order valence-corrected chi connectivity index (χ2v) is 4.97. The molecule has 0 bridgehead atoms. The molecule has 0 unspecified atom stereocenters. The van der Waals surface area contributed by atoms with E-state index in [1.54, 1.807) is 6.07 Å². The number of nitrogens with zero attached hydrogens (tertiary/aromatic N) is 1. The van der Waals surface area contributed by atoms with Crippen LogP contribution in [-0.2, 0) is 6.42 Å². The number of carbonyl (C=O) groups excluding carboxylic acids is 1. The van der Waals surface area contributed by atoms with Crippen LogP contribution >= 0.6 is 0 Å². The summed E-state index contributed by atoms with van der Waals surface area (Å²) in [6.45, 7) is 2.04. The predicted molar refractivity (Wildman–Crippen MR) is 81.0 cm³/mol. The molecule has 0 aliphatic carbocycles. The van der Waals surface area contributed by atoms with Gasteiger partial charge in [0.15, 0.2) is 5.78 Å². The van der Waals surface area contributed by atoms with Crippen LogP contribution in [0.15, 0.2) is 60.7 Å². The molecule has 98 valence electrons. The third-order valence-corrected chi connectivity index (χ3v) is 3.37. The van der Waals surface area contributed by atoms with Crippen LogP contribution in [0.3, 0.4) is 0 Å². The summed E-state index contributed by atoms with van der Waals surface area (Å²) in [7, 11) is 0. The van der Waals surface area contributed by atoms with Crippen molar-refractivity contribution in [3.63, 3.8) is 0 Å². The highest BCUT2D eigenvalue weighted by Gasteiger charge is 2.09. The molecule has 0 fully saturated rings. The fourth-order valence-electron chi connectivity index (χ4n) is 2.20. The van der Waals surface area contributed by atoms with Gasteiger partial charge in [0.25, 0.3) is 0 Å². The predicted octanol–water partition coefficient (Wildman–Crippen LogP) is 3.97. The van der Waals surface area contributed by atoms with Crippen LogP contribution in [0.2, 0.25) is 0 Å². The van der Waals surface area contributed by atoms with E-state index in [0.717, 1.165) is 16.5 Å². The van der Waals surface area contributed by atoms with E-state index < -0.39 is 0 Å². The summed E-state index contributed by atoms with van der Waals surface area (Å²) in [6.07, 6.45) is 0.394. The summed E-state index contributed by atoms with van der Waals surface area (Å²) in [5.74, 6) is 0.0552. The van der Waals surface area contributed by atoms with Gasteiger partial charge in [-0.3, -0.25) is 4.79 Å². The molecule has 0 radical (unpaired) electrons. The maximum absolute atomic E-state index is 12.3. The highest BCUT2D eigenvalue weighted by atomic mass is 16.1. The van der Waals surface area contributed by atoms with Crippen LogP contribution in [-0.4, -0.2) is 10.8 Å². The smallest absolute Gasteiger partial charge is 0.185 e. The Bertz CT molecular complexity index is 760. The highest BCUT2D eigenvalue weighted by Crippen LogP contribution is 2.14. The van der Waals surface area contributed by atoms with Crippen LogP contribution < -0.4 is 0 Å². The van der Waals surface area contributed by atoms with Gasteiger partial charge in [0.2, 0.25) is 0 Å². The molecule has 0 atom stereocenters. The molecule has 0 aliphatic rings. The number of hydrogen-bond acceptors (Lipinski definition) is 2. The summed E-state index contributed by atoms with van der Waals surface area (Å²) in [5.41, 5.74) is 3.62. The quantitative estimate of drug-likeness (QED) is 0.668. The molecule has 1 heterocycles. The van der Waals surface area contributed by atoms with E-state index >= 15 is 0 Å². The zero-order valence-corrected chi connectivity index (χ0v) is 11.3. The Morgan fingerprint density at radius 1 is 0.950 bits per heavy atom. The molecule has 0 N–H and O–H groups in total. The first-order valence-corrected chi connectivity index (χ1v) is 6.67. The molecule has 0 saturated carbocycles. The Kier molecular flexibility index (Phi) is 3.30. The highest BCUT2D eigenvalue weighted by molar-refractivity contribution is 5.97. The van der Waals surface area contributed by atoms with E-state index in [0.29, 0.717) is 12.1 Å². The van der Waals surface area contributed by atoms with Crippen molar-refractivity contribution in [1.29, 1.82) is 0 Å². The average molecular weight is 261 g/mol. The standard InChI is InChI=1S/C18H15NO/c1-13-6-8-14(9-7-13)12-18(20)17-11-10-15-4-2-3-5-16(15)19-17/h2-11H,12H2,1H3. The van der Waals surface area contributed by atoms with Gasteiger partial charge in [-0.05, 0) is 24.6 Å². The molecule has 0 aliphatic heterocycles. The molecular formula is C18H15NO. The lowest BCUT2D eigenvalue weighted by Crippen LogP contribution is -2.06. The van der Waals surface area contributed by atoms with Crippen molar-refractivity contribution in [1.82, 2.24) is 4.98 Å². The molecular weight excluding hydrogens is 246 g/mol. The van der Waals surface area contributed by atoms with Crippen LogP contribution in [0.5, 0.6) is 0 Å². The molecule has 20 heavy (non-hydrogen) atoms. The van der Waals surface area contributed by atoms with Gasteiger partial charge in [0.05, 0.1) is 5.52 Å². The van der Waals surface area contributed by atoms with Gasteiger partial charge >= 0.3 is 0 Å². The number of ketones is 1. The molecule has 2 heteroatoms. The zero-order valence-electron chi connectivity index (χ0n) is 11.3. The Labute approximate surface area is 118 Å². The summed E-state index contributed by atoms with van der Waals surface area (Å²) in [4.78, 5) is 16.7. The first-order valence-electron chi connectivity index (χ1n) is 6.67. The van der Waals surface area contributed by atoms with Crippen molar-refractivity contribution in [2.45, 2.75) is 13.3 Å². The van der Waals surface area contributed by atoms with Crippen molar-refractivity contribution in [3.05, 3.63) is 77.5 Å². The van der Waals surface area contributed by atoms with Crippen molar-refractivity contribution < 1.29 is 4.79 Å². The molecule has 1 aromatic heterocycles. The Morgan fingerprint density at radius 2 is 1.70 bits per heavy atom. The normalized spacial score (nSPS) is 10.7. The minimum absolute atomic E-state index is 0.0552. The molecule has 0 saturated heterocycles. The number of hydrogen-bond donors (Lipinski definition) is 0. The van der Waals surface area contributed by atoms with E-state index in [1.807, 2.05) is 61.5 Å². The lowest BCUT2D eigenvalue weighted by Gasteiger charge is -2.03. The maximum Gasteiger partial charge on any atom is 0.185 e. The molecule has 0 amide bonds. The molecule has 3 aromatic rings. The van der Waals surface area contributed by atoms with Gasteiger partial charge < -0.3 is 0 Å². The van der Waals surface area contributed by atoms with Gasteiger partial charge in [-0.15, -0.1) is 0 Å². The zero-order chi connectivity index (χ0) is 13.9. The average Bonchev–Trinajstić information content (AvgIpc) is 2.49. The lowest BCUT2D eigenvalue weighted by atomic mass is 10.0. The molecule has 2 nitrogen and oxygen atoms in total. The number of para-hydroxylation sites is 1. The van der Waals surface area contributed by atoms with E-state index in [9.17, 15) is 4.79 Å². The summed E-state index contributed by atoms with van der Waals surface area (Å²) in [6, 6.07) is 19.6. The number of benzene rings is 2. The minimum atomic E-state index is 0.0552. The largest absolute Gasteiger partial charge is 0.292 e. The fourth-order valence-corrected chi connectivity index (χ4v) is 2.20. The van der Waals surface area contributed by atoms with E-state index in [4.69, 9.17) is 0 Å². The van der Waals surface area contributed by atoms with Gasteiger partial charge in [-0.1, -0.05) is 54.1 Å². The first-order chi connectivity index (χ1) is 9.72. The third-order valence-electron chi connectivity index (χ3n) is 3.37. The second-order valence-electron chi connectivity index (χ2n) is 4.97. The number of rotatable bonds is 3. The van der Waals surface area contributed by atoms with Crippen molar-refractivity contribution in [2.24, 2.45) is 0 Å². The lowest BCUT2D eigenvalue weighted by molar-refractivity contribution is 0.0988. The number of pyridine rings is 1. The van der Waals surface area contributed by atoms with Crippen molar-refractivity contribution >= 4 is 16.7 Å². The number of fused-ring (bicyclic) bond motifs is 1. The summed E-state index contributed by atoms with van der Waals surface area (Å²) >= 11 is 0. The number of aromatic nitrogens is 1. The fraction of sp³-hybridized carbons (Fsp3) is 0.111. The van der Waals surface area contributed by atoms with E-state index in [-0.39, 0.29) is 5.78 Å². The topological polar surface area (TPSA) is 30.0 Å².